The SMILES string of the molecule is COC(=O)c1ccccc1N(C)Cc1cn(C)nn1. The van der Waals surface area contributed by atoms with Crippen LogP contribution in [0.3, 0.4) is 0 Å². The number of hydrogen-bond donors (Lipinski definition) is 0. The first-order chi connectivity index (χ1) is 9.11. The van der Waals surface area contributed by atoms with Gasteiger partial charge in [0.05, 0.1) is 24.9 Å². The Kier molecular flexibility index (Phi) is 3.79. The van der Waals surface area contributed by atoms with Crippen LogP contribution in [0, 0.1) is 0 Å². The molecular weight excluding hydrogens is 244 g/mol. The van der Waals surface area contributed by atoms with Crippen molar-refractivity contribution in [2.24, 2.45) is 7.05 Å². The third kappa shape index (κ3) is 2.90. The van der Waals surface area contributed by atoms with Crippen molar-refractivity contribution in [3.8, 4) is 0 Å². The fourth-order valence-corrected chi connectivity index (χ4v) is 1.88. The highest BCUT2D eigenvalue weighted by molar-refractivity contribution is 5.95. The van der Waals surface area contributed by atoms with Gasteiger partial charge in [-0.3, -0.25) is 4.68 Å². The summed E-state index contributed by atoms with van der Waals surface area (Å²) in [5.74, 6) is -0.346. The van der Waals surface area contributed by atoms with Gasteiger partial charge in [-0.05, 0) is 12.1 Å². The average Bonchev–Trinajstić information content (AvgIpc) is 2.83. The zero-order valence-electron chi connectivity index (χ0n) is 11.2. The fourth-order valence-electron chi connectivity index (χ4n) is 1.88. The van der Waals surface area contributed by atoms with Crippen LogP contribution in [0.2, 0.25) is 0 Å². The zero-order chi connectivity index (χ0) is 13.8. The second-order valence-corrected chi connectivity index (χ2v) is 4.25. The molecule has 1 heterocycles. The van der Waals surface area contributed by atoms with Crippen LogP contribution in [0.5, 0.6) is 0 Å². The summed E-state index contributed by atoms with van der Waals surface area (Å²) in [6.07, 6.45) is 1.84. The van der Waals surface area contributed by atoms with E-state index in [4.69, 9.17) is 4.74 Å². The number of carbonyl (C=O) groups is 1. The molecule has 0 aliphatic heterocycles. The minimum Gasteiger partial charge on any atom is -0.465 e. The number of methoxy groups -OCH3 is 1. The predicted octanol–water partition coefficient (Wildman–Crippen LogP) is 1.24. The molecule has 0 bridgehead atoms. The van der Waals surface area contributed by atoms with Gasteiger partial charge in [-0.2, -0.15) is 0 Å². The Bertz CT molecular complexity index is 580. The number of aryl methyl sites for hydroxylation is 1. The molecular formula is C13H16N4O2. The molecule has 0 spiro atoms. The van der Waals surface area contributed by atoms with E-state index < -0.39 is 0 Å². The van der Waals surface area contributed by atoms with Gasteiger partial charge in [-0.1, -0.05) is 17.3 Å². The third-order valence-electron chi connectivity index (χ3n) is 2.77. The lowest BCUT2D eigenvalue weighted by Crippen LogP contribution is -2.20. The van der Waals surface area contributed by atoms with E-state index in [2.05, 4.69) is 10.3 Å². The lowest BCUT2D eigenvalue weighted by molar-refractivity contribution is 0.0601. The molecule has 0 aliphatic rings. The molecule has 0 atom stereocenters. The highest BCUT2D eigenvalue weighted by atomic mass is 16.5. The van der Waals surface area contributed by atoms with E-state index in [0.717, 1.165) is 11.4 Å². The first kappa shape index (κ1) is 13.1. The minimum absolute atomic E-state index is 0.346. The van der Waals surface area contributed by atoms with Crippen LogP contribution in [0.15, 0.2) is 30.5 Å². The largest absolute Gasteiger partial charge is 0.465 e. The normalized spacial score (nSPS) is 10.3. The second kappa shape index (κ2) is 5.51. The number of anilines is 1. The van der Waals surface area contributed by atoms with Crippen LogP contribution >= 0.6 is 0 Å². The number of ether oxygens (including phenoxy) is 1. The van der Waals surface area contributed by atoms with E-state index in [-0.39, 0.29) is 5.97 Å². The van der Waals surface area contributed by atoms with E-state index in [0.29, 0.717) is 12.1 Å². The maximum absolute atomic E-state index is 11.7. The van der Waals surface area contributed by atoms with Gasteiger partial charge < -0.3 is 9.64 Å². The van der Waals surface area contributed by atoms with Crippen molar-refractivity contribution in [3.63, 3.8) is 0 Å². The molecule has 0 radical (unpaired) electrons. The molecule has 0 unspecified atom stereocenters. The molecule has 0 saturated heterocycles. The highest BCUT2D eigenvalue weighted by Crippen LogP contribution is 2.21. The number of benzene rings is 1. The molecule has 2 aromatic rings. The van der Waals surface area contributed by atoms with Crippen molar-refractivity contribution >= 4 is 11.7 Å². The molecule has 19 heavy (non-hydrogen) atoms. The Labute approximate surface area is 111 Å². The summed E-state index contributed by atoms with van der Waals surface area (Å²) in [5, 5.41) is 7.92. The number of esters is 1. The van der Waals surface area contributed by atoms with Crippen molar-refractivity contribution in [1.29, 1.82) is 0 Å². The number of carbonyl (C=O) groups excluding carboxylic acids is 1. The van der Waals surface area contributed by atoms with E-state index in [1.807, 2.05) is 43.4 Å². The summed E-state index contributed by atoms with van der Waals surface area (Å²) in [6.45, 7) is 0.571. The molecule has 0 amide bonds. The number of rotatable bonds is 4. The van der Waals surface area contributed by atoms with Crippen molar-refractivity contribution in [2.75, 3.05) is 19.1 Å². The van der Waals surface area contributed by atoms with E-state index in [9.17, 15) is 4.79 Å². The minimum atomic E-state index is -0.346. The molecule has 0 aliphatic carbocycles. The number of nitrogens with zero attached hydrogens (tertiary/aromatic N) is 4. The summed E-state index contributed by atoms with van der Waals surface area (Å²) >= 11 is 0. The zero-order valence-corrected chi connectivity index (χ0v) is 11.2. The van der Waals surface area contributed by atoms with Gasteiger partial charge in [0.15, 0.2) is 0 Å². The maximum atomic E-state index is 11.7. The van der Waals surface area contributed by atoms with Gasteiger partial charge in [0.1, 0.15) is 5.69 Å². The number of hydrogen-bond acceptors (Lipinski definition) is 5. The Hall–Kier alpha value is -2.37. The van der Waals surface area contributed by atoms with E-state index in [1.54, 1.807) is 10.7 Å². The quantitative estimate of drug-likeness (QED) is 0.774. The summed E-state index contributed by atoms with van der Waals surface area (Å²) in [6, 6.07) is 7.32. The molecule has 6 nitrogen and oxygen atoms in total. The van der Waals surface area contributed by atoms with Gasteiger partial charge in [0.25, 0.3) is 0 Å². The lowest BCUT2D eigenvalue weighted by atomic mass is 10.1. The molecule has 0 saturated carbocycles. The van der Waals surface area contributed by atoms with Crippen LogP contribution in [0.1, 0.15) is 16.1 Å². The topological polar surface area (TPSA) is 60.2 Å². The summed E-state index contributed by atoms with van der Waals surface area (Å²) in [7, 11) is 5.09. The van der Waals surface area contributed by atoms with Crippen LogP contribution in [0.25, 0.3) is 0 Å². The number of para-hydroxylation sites is 1. The molecule has 100 valence electrons. The molecule has 2 rings (SSSR count). The Morgan fingerprint density at radius 1 is 1.42 bits per heavy atom. The monoisotopic (exact) mass is 260 g/mol. The van der Waals surface area contributed by atoms with Crippen LogP contribution in [0.4, 0.5) is 5.69 Å². The number of aromatic nitrogens is 3. The highest BCUT2D eigenvalue weighted by Gasteiger charge is 2.15. The molecule has 1 aromatic heterocycles. The third-order valence-corrected chi connectivity index (χ3v) is 2.77. The summed E-state index contributed by atoms with van der Waals surface area (Å²) in [4.78, 5) is 13.7. The van der Waals surface area contributed by atoms with Crippen molar-refractivity contribution < 1.29 is 9.53 Å². The van der Waals surface area contributed by atoms with Crippen molar-refractivity contribution in [1.82, 2.24) is 15.0 Å². The van der Waals surface area contributed by atoms with Crippen molar-refractivity contribution in [3.05, 3.63) is 41.7 Å². The van der Waals surface area contributed by atoms with Crippen LogP contribution in [-0.4, -0.2) is 35.1 Å². The molecule has 6 heteroatoms. The summed E-state index contributed by atoms with van der Waals surface area (Å²) < 4.78 is 6.43. The Morgan fingerprint density at radius 2 is 2.16 bits per heavy atom. The first-order valence-electron chi connectivity index (χ1n) is 5.85. The van der Waals surface area contributed by atoms with Gasteiger partial charge in [-0.25, -0.2) is 4.79 Å². The average molecular weight is 260 g/mol. The lowest BCUT2D eigenvalue weighted by Gasteiger charge is -2.20. The van der Waals surface area contributed by atoms with Gasteiger partial charge in [0.2, 0.25) is 0 Å². The fraction of sp³-hybridized carbons (Fsp3) is 0.308. The van der Waals surface area contributed by atoms with Gasteiger partial charge in [0, 0.05) is 20.3 Å². The van der Waals surface area contributed by atoms with Gasteiger partial charge in [-0.15, -0.1) is 5.10 Å². The van der Waals surface area contributed by atoms with Crippen molar-refractivity contribution in [2.45, 2.75) is 6.54 Å². The van der Waals surface area contributed by atoms with Crippen LogP contribution < -0.4 is 4.90 Å². The Morgan fingerprint density at radius 3 is 2.79 bits per heavy atom. The molecule has 1 aromatic carbocycles. The Balaban J connectivity index is 2.23. The van der Waals surface area contributed by atoms with Crippen LogP contribution in [-0.2, 0) is 18.3 Å². The standard InChI is InChI=1S/C13H16N4O2/c1-16(8-10-9-17(2)15-14-10)12-7-5-4-6-11(12)13(18)19-3/h4-7,9H,8H2,1-3H3. The molecule has 0 N–H and O–H groups in total. The smallest absolute Gasteiger partial charge is 0.339 e. The van der Waals surface area contributed by atoms with E-state index >= 15 is 0 Å². The molecule has 0 fully saturated rings. The first-order valence-corrected chi connectivity index (χ1v) is 5.85. The summed E-state index contributed by atoms with van der Waals surface area (Å²) in [5.41, 5.74) is 2.18. The second-order valence-electron chi connectivity index (χ2n) is 4.25. The van der Waals surface area contributed by atoms with Gasteiger partial charge >= 0.3 is 5.97 Å². The predicted molar refractivity (Wildman–Crippen MR) is 70.9 cm³/mol. The van der Waals surface area contributed by atoms with E-state index in [1.165, 1.54) is 7.11 Å². The maximum Gasteiger partial charge on any atom is 0.339 e.